The van der Waals surface area contributed by atoms with E-state index in [9.17, 15) is 0 Å². The molecule has 4 aromatic carbocycles. The van der Waals surface area contributed by atoms with E-state index in [1.807, 2.05) is 74.6 Å². The fraction of sp³-hybridized carbons (Fsp3) is 0.122. The van der Waals surface area contributed by atoms with Gasteiger partial charge < -0.3 is 14.4 Å². The number of aryl methyl sites for hydroxylation is 2. The van der Waals surface area contributed by atoms with Gasteiger partial charge >= 0.3 is 0 Å². The molecule has 5 heteroatoms. The summed E-state index contributed by atoms with van der Waals surface area (Å²) in [5.41, 5.74) is 10.8. The molecule has 46 heavy (non-hydrogen) atoms. The molecule has 0 unspecified atom stereocenters. The third-order valence-corrected chi connectivity index (χ3v) is 9.05. The molecular weight excluding hydrogens is 761 g/mol. The summed E-state index contributed by atoms with van der Waals surface area (Å²) in [4.78, 5) is 9.10. The zero-order valence-electron chi connectivity index (χ0n) is 27.0. The summed E-state index contributed by atoms with van der Waals surface area (Å²) >= 11 is 1.70. The van der Waals surface area contributed by atoms with Crippen molar-refractivity contribution in [3.63, 3.8) is 0 Å². The number of fused-ring (bicyclic) bond motifs is 5. The first kappa shape index (κ1) is 30.3. The quantitative estimate of drug-likeness (QED) is 0.167. The molecule has 8 aromatic rings. The number of pyridine rings is 2. The molecule has 0 spiro atoms. The summed E-state index contributed by atoms with van der Waals surface area (Å²) < 4.78 is 16.6. The molecule has 0 aliphatic rings. The second kappa shape index (κ2) is 13.5. The molecule has 0 fully saturated rings. The topological polar surface area (TPSA) is 38.9 Å². The van der Waals surface area contributed by atoms with E-state index in [4.69, 9.17) is 10.8 Å². The van der Waals surface area contributed by atoms with Gasteiger partial charge in [-0.05, 0) is 76.3 Å². The van der Waals surface area contributed by atoms with Crippen LogP contribution in [0.25, 0.3) is 65.7 Å². The van der Waals surface area contributed by atoms with Crippen molar-refractivity contribution >= 4 is 43.4 Å². The standard InChI is InChI=1S/C30H24NOS.C11H8N.Ir/c1-17(2)24-15-26(31-16-25(24)27-18(3)7-5-8-19(27)4)23-10-6-9-21-22-12-11-20-13-14-33-30(20)29(22)32-28(21)23;1-2-6-10(7-3-1)11-8-4-5-9-12-11;/h5-9,11-17H,1-4H3;1-6,8-9H;/q2*-1;/i17D;;. The Balaban J connectivity index is 0.000000250. The van der Waals surface area contributed by atoms with Crippen LogP contribution in [-0.2, 0) is 20.1 Å². The fourth-order valence-corrected chi connectivity index (χ4v) is 6.81. The molecule has 0 aliphatic heterocycles. The van der Waals surface area contributed by atoms with Gasteiger partial charge in [0.05, 0.1) is 10.3 Å². The summed E-state index contributed by atoms with van der Waals surface area (Å²) in [5, 5.41) is 5.46. The first-order valence-electron chi connectivity index (χ1n) is 15.5. The second-order valence-electron chi connectivity index (χ2n) is 11.4. The largest absolute Gasteiger partial charge is 0.499 e. The molecule has 0 amide bonds. The summed E-state index contributed by atoms with van der Waals surface area (Å²) in [6.45, 7) is 8.10. The van der Waals surface area contributed by atoms with Crippen molar-refractivity contribution in [2.24, 2.45) is 0 Å². The van der Waals surface area contributed by atoms with Crippen molar-refractivity contribution in [2.75, 3.05) is 0 Å². The Labute approximate surface area is 288 Å². The zero-order valence-corrected chi connectivity index (χ0v) is 29.2. The van der Waals surface area contributed by atoms with Crippen LogP contribution in [0.2, 0.25) is 0 Å². The normalized spacial score (nSPS) is 11.6. The van der Waals surface area contributed by atoms with Crippen LogP contribution in [0.3, 0.4) is 0 Å². The summed E-state index contributed by atoms with van der Waals surface area (Å²) in [5.74, 6) is -0.799. The Morgan fingerprint density at radius 3 is 2.33 bits per heavy atom. The van der Waals surface area contributed by atoms with Crippen LogP contribution in [0.4, 0.5) is 0 Å². The van der Waals surface area contributed by atoms with Gasteiger partial charge in [0.25, 0.3) is 0 Å². The van der Waals surface area contributed by atoms with E-state index in [-0.39, 0.29) is 20.1 Å². The maximum absolute atomic E-state index is 8.93. The molecule has 0 atom stereocenters. The molecule has 0 saturated carbocycles. The van der Waals surface area contributed by atoms with Crippen molar-refractivity contribution in [3.8, 4) is 33.6 Å². The minimum Gasteiger partial charge on any atom is -0.499 e. The number of hydrogen-bond acceptors (Lipinski definition) is 4. The van der Waals surface area contributed by atoms with Gasteiger partial charge in [-0.15, -0.1) is 65.4 Å². The molecule has 0 bridgehead atoms. The molecule has 4 aromatic heterocycles. The Bertz CT molecular complexity index is 2260. The molecule has 3 nitrogen and oxygen atoms in total. The van der Waals surface area contributed by atoms with Gasteiger partial charge in [0.15, 0.2) is 0 Å². The SMILES string of the molecule is [2H]C(C)(C)c1cc(-c2[c-]ccc3c2oc2c3ccc3ccsc32)ncc1-c1c(C)cccc1C.[Ir].[c-]1ccccc1-c1ccccn1. The summed E-state index contributed by atoms with van der Waals surface area (Å²) in [6, 6.07) is 39.0. The van der Waals surface area contributed by atoms with Crippen molar-refractivity contribution in [1.29, 1.82) is 0 Å². The third kappa shape index (κ3) is 5.94. The Morgan fingerprint density at radius 2 is 1.59 bits per heavy atom. The third-order valence-electron chi connectivity index (χ3n) is 8.12. The Hall–Kier alpha value is -4.41. The average Bonchev–Trinajstić information content (AvgIpc) is 3.70. The Morgan fingerprint density at radius 1 is 0.783 bits per heavy atom. The molecule has 229 valence electrons. The average molecular weight is 794 g/mol. The first-order chi connectivity index (χ1) is 22.3. The maximum Gasteiger partial charge on any atom is 0.138 e. The van der Waals surface area contributed by atoms with E-state index in [0.29, 0.717) is 0 Å². The number of hydrogen-bond donors (Lipinski definition) is 0. The number of benzene rings is 4. The number of nitrogens with zero attached hydrogens (tertiary/aromatic N) is 2. The van der Waals surface area contributed by atoms with E-state index in [2.05, 4.69) is 78.8 Å². The van der Waals surface area contributed by atoms with Crippen LogP contribution in [0.5, 0.6) is 0 Å². The second-order valence-corrected chi connectivity index (χ2v) is 12.3. The van der Waals surface area contributed by atoms with Gasteiger partial charge in [0.2, 0.25) is 0 Å². The van der Waals surface area contributed by atoms with Crippen molar-refractivity contribution in [2.45, 2.75) is 33.6 Å². The van der Waals surface area contributed by atoms with Gasteiger partial charge in [-0.3, -0.25) is 0 Å². The number of rotatable bonds is 4. The van der Waals surface area contributed by atoms with E-state index in [1.165, 1.54) is 16.5 Å². The minimum absolute atomic E-state index is 0. The van der Waals surface area contributed by atoms with Crippen LogP contribution in [0, 0.1) is 26.0 Å². The molecule has 1 radical (unpaired) electrons. The van der Waals surface area contributed by atoms with Crippen molar-refractivity contribution < 1.29 is 25.9 Å². The summed E-state index contributed by atoms with van der Waals surface area (Å²) in [6.07, 6.45) is 3.71. The molecule has 4 heterocycles. The van der Waals surface area contributed by atoms with E-state index < -0.39 is 5.89 Å². The van der Waals surface area contributed by atoms with E-state index >= 15 is 0 Å². The number of aromatic nitrogens is 2. The van der Waals surface area contributed by atoms with Gasteiger partial charge in [0.1, 0.15) is 5.58 Å². The van der Waals surface area contributed by atoms with Gasteiger partial charge in [-0.25, -0.2) is 0 Å². The van der Waals surface area contributed by atoms with Gasteiger partial charge in [-0.1, -0.05) is 73.3 Å². The van der Waals surface area contributed by atoms with Crippen LogP contribution in [0.1, 0.15) is 37.8 Å². The van der Waals surface area contributed by atoms with E-state index in [0.717, 1.165) is 65.8 Å². The van der Waals surface area contributed by atoms with Crippen LogP contribution >= 0.6 is 11.3 Å². The summed E-state index contributed by atoms with van der Waals surface area (Å²) in [7, 11) is 0. The Kier molecular flexibility index (Phi) is 8.89. The van der Waals surface area contributed by atoms with Gasteiger partial charge in [-0.2, -0.15) is 0 Å². The maximum atomic E-state index is 8.93. The molecule has 0 N–H and O–H groups in total. The predicted octanol–water partition coefficient (Wildman–Crippen LogP) is 11.6. The monoisotopic (exact) mass is 794 g/mol. The van der Waals surface area contributed by atoms with Crippen LogP contribution in [-0.4, -0.2) is 9.97 Å². The van der Waals surface area contributed by atoms with Crippen LogP contribution < -0.4 is 0 Å². The smallest absolute Gasteiger partial charge is 0.138 e. The first-order valence-corrected chi connectivity index (χ1v) is 15.9. The van der Waals surface area contributed by atoms with Crippen LogP contribution in [0.15, 0.2) is 119 Å². The molecule has 0 saturated heterocycles. The number of thiophene rings is 1. The molecule has 8 rings (SSSR count). The van der Waals surface area contributed by atoms with E-state index in [1.54, 1.807) is 17.5 Å². The fourth-order valence-electron chi connectivity index (χ4n) is 5.93. The molecule has 0 aliphatic carbocycles. The van der Waals surface area contributed by atoms with Gasteiger partial charge in [0, 0.05) is 44.8 Å². The minimum atomic E-state index is -0.799. The predicted molar refractivity (Wildman–Crippen MR) is 189 cm³/mol. The molecular formula is C41H32IrN2OS-2. The number of furan rings is 1. The van der Waals surface area contributed by atoms with Crippen molar-refractivity contribution in [1.82, 2.24) is 9.97 Å². The van der Waals surface area contributed by atoms with Crippen molar-refractivity contribution in [3.05, 3.63) is 144 Å². The zero-order chi connectivity index (χ0) is 31.8.